The smallest absolute Gasteiger partial charge is 0.405 e. The predicted molar refractivity (Wildman–Crippen MR) is 57.2 cm³/mol. The molecule has 0 unspecified atom stereocenters. The van der Waals surface area contributed by atoms with Crippen LogP contribution in [0.25, 0.3) is 0 Å². The van der Waals surface area contributed by atoms with Crippen LogP contribution in [0.5, 0.6) is 0 Å². The standard InChI is InChI=1S/C10H18N2O4/c1-7(16-2)8(11-10(14)15)9(13)12-5-3-4-6-12/h7-8,11H,3-6H2,1-2H3,(H,14,15)/t7-,8+/m0/s1. The molecule has 2 amide bonds. The maximum absolute atomic E-state index is 12.0. The molecule has 1 aliphatic rings. The summed E-state index contributed by atoms with van der Waals surface area (Å²) >= 11 is 0. The van der Waals surface area contributed by atoms with Crippen molar-refractivity contribution in [3.8, 4) is 0 Å². The highest BCUT2D eigenvalue weighted by atomic mass is 16.5. The molecule has 1 rings (SSSR count). The molecule has 1 heterocycles. The Labute approximate surface area is 94.6 Å². The number of methoxy groups -OCH3 is 1. The van der Waals surface area contributed by atoms with Crippen molar-refractivity contribution in [2.75, 3.05) is 20.2 Å². The van der Waals surface area contributed by atoms with Crippen LogP contribution in [0, 0.1) is 0 Å². The number of rotatable bonds is 4. The van der Waals surface area contributed by atoms with E-state index in [4.69, 9.17) is 9.84 Å². The average Bonchev–Trinajstić information content (AvgIpc) is 2.77. The Bertz CT molecular complexity index is 264. The van der Waals surface area contributed by atoms with E-state index < -0.39 is 18.2 Å². The third kappa shape index (κ3) is 3.10. The fourth-order valence-corrected chi connectivity index (χ4v) is 1.78. The molecule has 1 saturated heterocycles. The minimum atomic E-state index is -1.21. The second-order valence-electron chi connectivity index (χ2n) is 3.90. The lowest BCUT2D eigenvalue weighted by Crippen LogP contribution is -2.53. The van der Waals surface area contributed by atoms with Crippen molar-refractivity contribution < 1.29 is 19.4 Å². The zero-order valence-corrected chi connectivity index (χ0v) is 9.60. The maximum Gasteiger partial charge on any atom is 0.405 e. The summed E-state index contributed by atoms with van der Waals surface area (Å²) < 4.78 is 5.02. The number of ether oxygens (including phenoxy) is 1. The average molecular weight is 230 g/mol. The summed E-state index contributed by atoms with van der Waals surface area (Å²) in [5.74, 6) is -0.200. The van der Waals surface area contributed by atoms with E-state index in [1.54, 1.807) is 11.8 Å². The molecule has 0 aromatic rings. The molecule has 0 bridgehead atoms. The first kappa shape index (κ1) is 12.8. The van der Waals surface area contributed by atoms with E-state index in [0.717, 1.165) is 12.8 Å². The molecule has 92 valence electrons. The molecule has 2 atom stereocenters. The van der Waals surface area contributed by atoms with Crippen molar-refractivity contribution in [2.24, 2.45) is 0 Å². The van der Waals surface area contributed by atoms with E-state index in [9.17, 15) is 9.59 Å². The van der Waals surface area contributed by atoms with Crippen LogP contribution in [0.2, 0.25) is 0 Å². The number of hydrogen-bond acceptors (Lipinski definition) is 3. The van der Waals surface area contributed by atoms with Crippen molar-refractivity contribution in [1.29, 1.82) is 0 Å². The number of carboxylic acid groups (broad SMARTS) is 1. The molecule has 0 radical (unpaired) electrons. The Morgan fingerprint density at radius 1 is 1.38 bits per heavy atom. The zero-order valence-electron chi connectivity index (χ0n) is 9.60. The highest BCUT2D eigenvalue weighted by Crippen LogP contribution is 2.11. The van der Waals surface area contributed by atoms with Crippen molar-refractivity contribution >= 4 is 12.0 Å². The van der Waals surface area contributed by atoms with Crippen molar-refractivity contribution in [3.05, 3.63) is 0 Å². The van der Waals surface area contributed by atoms with Gasteiger partial charge < -0.3 is 20.1 Å². The molecule has 0 spiro atoms. The molecule has 0 aliphatic carbocycles. The lowest BCUT2D eigenvalue weighted by atomic mass is 10.1. The third-order valence-corrected chi connectivity index (χ3v) is 2.80. The zero-order chi connectivity index (χ0) is 12.1. The molecule has 0 aromatic carbocycles. The number of nitrogens with one attached hydrogen (secondary N) is 1. The van der Waals surface area contributed by atoms with Crippen molar-refractivity contribution in [1.82, 2.24) is 10.2 Å². The number of carbonyl (C=O) groups excluding carboxylic acids is 1. The van der Waals surface area contributed by atoms with E-state index in [2.05, 4.69) is 5.32 Å². The summed E-state index contributed by atoms with van der Waals surface area (Å²) in [5.41, 5.74) is 0. The molecular formula is C10H18N2O4. The number of amides is 2. The summed E-state index contributed by atoms with van der Waals surface area (Å²) in [6.45, 7) is 3.08. The number of likely N-dealkylation sites (tertiary alicyclic amines) is 1. The molecule has 1 aliphatic heterocycles. The first-order valence-corrected chi connectivity index (χ1v) is 5.37. The highest BCUT2D eigenvalue weighted by Gasteiger charge is 2.31. The fraction of sp³-hybridized carbons (Fsp3) is 0.800. The minimum Gasteiger partial charge on any atom is -0.465 e. The molecule has 16 heavy (non-hydrogen) atoms. The van der Waals surface area contributed by atoms with Crippen LogP contribution in [-0.2, 0) is 9.53 Å². The number of carbonyl (C=O) groups is 2. The Kier molecular flexibility index (Phi) is 4.54. The SMILES string of the molecule is CO[C@@H](C)[C@@H](NC(=O)O)C(=O)N1CCCC1. The second kappa shape index (κ2) is 5.69. The first-order valence-electron chi connectivity index (χ1n) is 5.37. The summed E-state index contributed by atoms with van der Waals surface area (Å²) in [5, 5.41) is 10.9. The Balaban J connectivity index is 2.66. The van der Waals surface area contributed by atoms with E-state index >= 15 is 0 Å². The largest absolute Gasteiger partial charge is 0.465 e. The Hall–Kier alpha value is -1.30. The lowest BCUT2D eigenvalue weighted by molar-refractivity contribution is -0.135. The third-order valence-electron chi connectivity index (χ3n) is 2.80. The molecule has 2 N–H and O–H groups in total. The Morgan fingerprint density at radius 3 is 2.38 bits per heavy atom. The van der Waals surface area contributed by atoms with E-state index in [1.807, 2.05) is 0 Å². The van der Waals surface area contributed by atoms with Gasteiger partial charge in [-0.2, -0.15) is 0 Å². The summed E-state index contributed by atoms with van der Waals surface area (Å²) in [6.07, 6.45) is 0.283. The molecular weight excluding hydrogens is 212 g/mol. The first-order chi connectivity index (χ1) is 7.56. The van der Waals surface area contributed by atoms with Gasteiger partial charge in [-0.05, 0) is 19.8 Å². The topological polar surface area (TPSA) is 78.9 Å². The van der Waals surface area contributed by atoms with Crippen LogP contribution < -0.4 is 5.32 Å². The van der Waals surface area contributed by atoms with Gasteiger partial charge in [-0.15, -0.1) is 0 Å². The van der Waals surface area contributed by atoms with Gasteiger partial charge in [0, 0.05) is 20.2 Å². The van der Waals surface area contributed by atoms with Gasteiger partial charge in [0.1, 0.15) is 6.04 Å². The summed E-state index contributed by atoms with van der Waals surface area (Å²) in [4.78, 5) is 24.3. The lowest BCUT2D eigenvalue weighted by Gasteiger charge is -2.26. The van der Waals surface area contributed by atoms with Gasteiger partial charge in [0.2, 0.25) is 5.91 Å². The van der Waals surface area contributed by atoms with Gasteiger partial charge in [0.15, 0.2) is 0 Å². The van der Waals surface area contributed by atoms with Gasteiger partial charge in [-0.3, -0.25) is 4.79 Å². The van der Waals surface area contributed by atoms with Gasteiger partial charge in [-0.25, -0.2) is 4.79 Å². The molecule has 0 aromatic heterocycles. The van der Waals surface area contributed by atoms with E-state index in [-0.39, 0.29) is 5.91 Å². The fourth-order valence-electron chi connectivity index (χ4n) is 1.78. The van der Waals surface area contributed by atoms with Crippen LogP contribution in [0.3, 0.4) is 0 Å². The van der Waals surface area contributed by atoms with Gasteiger partial charge >= 0.3 is 6.09 Å². The highest BCUT2D eigenvalue weighted by molar-refractivity contribution is 5.86. The second-order valence-corrected chi connectivity index (χ2v) is 3.90. The van der Waals surface area contributed by atoms with Crippen molar-refractivity contribution in [3.63, 3.8) is 0 Å². The summed E-state index contributed by atoms with van der Waals surface area (Å²) in [7, 11) is 1.46. The maximum atomic E-state index is 12.0. The minimum absolute atomic E-state index is 0.200. The predicted octanol–water partition coefficient (Wildman–Crippen LogP) is 0.280. The van der Waals surface area contributed by atoms with E-state index in [1.165, 1.54) is 7.11 Å². The van der Waals surface area contributed by atoms with Gasteiger partial charge in [0.05, 0.1) is 6.10 Å². The van der Waals surface area contributed by atoms with Crippen LogP contribution in [0.15, 0.2) is 0 Å². The Morgan fingerprint density at radius 2 is 1.94 bits per heavy atom. The molecule has 0 saturated carbocycles. The van der Waals surface area contributed by atoms with Gasteiger partial charge in [-0.1, -0.05) is 0 Å². The van der Waals surface area contributed by atoms with Crippen LogP contribution >= 0.6 is 0 Å². The van der Waals surface area contributed by atoms with Crippen molar-refractivity contribution in [2.45, 2.75) is 31.9 Å². The normalized spacial score (nSPS) is 19.2. The number of nitrogens with zero attached hydrogens (tertiary/aromatic N) is 1. The van der Waals surface area contributed by atoms with Crippen LogP contribution in [0.4, 0.5) is 4.79 Å². The van der Waals surface area contributed by atoms with Gasteiger partial charge in [0.25, 0.3) is 0 Å². The molecule has 6 heteroatoms. The monoisotopic (exact) mass is 230 g/mol. The van der Waals surface area contributed by atoms with Crippen LogP contribution in [0.1, 0.15) is 19.8 Å². The molecule has 6 nitrogen and oxygen atoms in total. The van der Waals surface area contributed by atoms with E-state index in [0.29, 0.717) is 13.1 Å². The molecule has 1 fully saturated rings. The quantitative estimate of drug-likeness (QED) is 0.727. The number of hydrogen-bond donors (Lipinski definition) is 2. The van der Waals surface area contributed by atoms with Crippen LogP contribution in [-0.4, -0.2) is 54.4 Å². The summed E-state index contributed by atoms with van der Waals surface area (Å²) in [6, 6.07) is -0.819.